The predicted molar refractivity (Wildman–Crippen MR) is 55.4 cm³/mol. The number of hydrogen-bond acceptors (Lipinski definition) is 3. The molecular weight excluding hydrogens is 168 g/mol. The Bertz CT molecular complexity index is 134. The highest BCUT2D eigenvalue weighted by Crippen LogP contribution is 1.98. The molecule has 0 aliphatic heterocycles. The van der Waals surface area contributed by atoms with Gasteiger partial charge in [0.2, 0.25) is 6.08 Å². The molecule has 0 rings (SSSR count). The average molecular weight is 188 g/mol. The van der Waals surface area contributed by atoms with Crippen LogP contribution < -0.4 is 5.73 Å². The van der Waals surface area contributed by atoms with Crippen LogP contribution in [0.2, 0.25) is 19.6 Å². The zero-order valence-electron chi connectivity index (χ0n) is 8.55. The van der Waals surface area contributed by atoms with Crippen LogP contribution in [0.25, 0.3) is 0 Å². The minimum absolute atomic E-state index is 0.844. The van der Waals surface area contributed by atoms with E-state index in [4.69, 9.17) is 5.73 Å². The van der Waals surface area contributed by atoms with Gasteiger partial charge in [-0.1, -0.05) is 13.3 Å². The van der Waals surface area contributed by atoms with Crippen LogP contribution in [0.15, 0.2) is 4.66 Å². The molecule has 0 aromatic carbocycles. The van der Waals surface area contributed by atoms with Crippen LogP contribution in [0.1, 0.15) is 19.8 Å². The van der Waals surface area contributed by atoms with Crippen LogP contribution in [0.5, 0.6) is 0 Å². The van der Waals surface area contributed by atoms with Crippen molar-refractivity contribution in [2.75, 3.05) is 6.54 Å². The molecule has 0 aromatic heterocycles. The van der Waals surface area contributed by atoms with Gasteiger partial charge in [-0.25, -0.2) is 9.45 Å². The zero-order chi connectivity index (χ0) is 10.0. The minimum atomic E-state index is -1.46. The zero-order valence-corrected chi connectivity index (χ0v) is 9.55. The molecule has 0 saturated carbocycles. The highest BCUT2D eigenvalue weighted by Gasteiger charge is 2.09. The van der Waals surface area contributed by atoms with Gasteiger partial charge in [-0.15, -0.1) is 0 Å². The third-order valence-corrected chi connectivity index (χ3v) is 1.70. The molecule has 0 spiro atoms. The largest absolute Gasteiger partial charge is 0.330 e. The van der Waals surface area contributed by atoms with Gasteiger partial charge in [0.1, 0.15) is 0 Å². The van der Waals surface area contributed by atoms with Crippen LogP contribution in [-0.2, 0) is 4.79 Å². The fourth-order valence-electron chi connectivity index (χ4n) is 0.341. The summed E-state index contributed by atoms with van der Waals surface area (Å²) in [7, 11) is -1.46. The maximum Gasteiger partial charge on any atom is 0.224 e. The molecule has 4 heteroatoms. The Morgan fingerprint density at radius 3 is 1.92 bits per heavy atom. The third-order valence-electron chi connectivity index (χ3n) is 0.939. The number of rotatable bonds is 3. The summed E-state index contributed by atoms with van der Waals surface area (Å²) in [4.78, 5) is 9.56. The summed E-state index contributed by atoms with van der Waals surface area (Å²) in [5, 5.41) is 0. The van der Waals surface area contributed by atoms with Gasteiger partial charge in [0.05, 0.1) is 0 Å². The van der Waals surface area contributed by atoms with E-state index in [1.54, 1.807) is 6.08 Å². The molecule has 0 atom stereocenters. The summed E-state index contributed by atoms with van der Waals surface area (Å²) in [6.45, 7) is 8.93. The molecule has 72 valence electrons. The molecule has 0 saturated heterocycles. The fourth-order valence-corrected chi connectivity index (χ4v) is 0.615. The van der Waals surface area contributed by atoms with E-state index >= 15 is 0 Å². The Morgan fingerprint density at radius 2 is 1.92 bits per heavy atom. The van der Waals surface area contributed by atoms with Crippen molar-refractivity contribution in [1.82, 2.24) is 0 Å². The second-order valence-corrected chi connectivity index (χ2v) is 8.08. The van der Waals surface area contributed by atoms with E-state index in [-0.39, 0.29) is 0 Å². The highest BCUT2D eigenvalue weighted by molar-refractivity contribution is 6.74. The normalized spacial score (nSPS) is 9.42. The molecule has 0 aliphatic carbocycles. The van der Waals surface area contributed by atoms with Gasteiger partial charge in [-0.2, -0.15) is 0 Å². The topological polar surface area (TPSA) is 55.4 Å². The number of nitrogens with two attached hydrogens (primary N) is 1. The van der Waals surface area contributed by atoms with E-state index in [1.807, 2.05) is 19.6 Å². The molecule has 0 heterocycles. The molecule has 0 aromatic rings. The molecule has 3 nitrogen and oxygen atoms in total. The van der Waals surface area contributed by atoms with E-state index in [0.717, 1.165) is 6.54 Å². The smallest absolute Gasteiger partial charge is 0.224 e. The number of nitrogens with zero attached hydrogens (tertiary/aromatic N) is 1. The summed E-state index contributed by atoms with van der Waals surface area (Å²) in [6.07, 6.45) is 3.93. The van der Waals surface area contributed by atoms with E-state index in [2.05, 4.69) is 11.6 Å². The maximum absolute atomic E-state index is 9.56. The van der Waals surface area contributed by atoms with Crippen LogP contribution in [0, 0.1) is 0 Å². The van der Waals surface area contributed by atoms with Crippen molar-refractivity contribution in [1.29, 1.82) is 0 Å². The maximum atomic E-state index is 9.56. The van der Waals surface area contributed by atoms with Crippen molar-refractivity contribution in [3.8, 4) is 0 Å². The van der Waals surface area contributed by atoms with Crippen molar-refractivity contribution in [2.24, 2.45) is 10.4 Å². The minimum Gasteiger partial charge on any atom is -0.330 e. The highest BCUT2D eigenvalue weighted by atomic mass is 28.3. The summed E-state index contributed by atoms with van der Waals surface area (Å²) >= 11 is 0. The first-order valence-electron chi connectivity index (χ1n) is 4.27. The van der Waals surface area contributed by atoms with Gasteiger partial charge < -0.3 is 5.73 Å². The van der Waals surface area contributed by atoms with Crippen LogP contribution in [0.4, 0.5) is 0 Å². The lowest BCUT2D eigenvalue weighted by molar-refractivity contribution is 0.566. The molecule has 0 radical (unpaired) electrons. The van der Waals surface area contributed by atoms with Gasteiger partial charge in [0.15, 0.2) is 8.24 Å². The molecule has 12 heavy (non-hydrogen) atoms. The fraction of sp³-hybridized carbons (Fsp3) is 0.875. The third kappa shape index (κ3) is 22.7. The van der Waals surface area contributed by atoms with Gasteiger partial charge in [0.25, 0.3) is 0 Å². The summed E-state index contributed by atoms with van der Waals surface area (Å²) in [5.41, 5.74) is 5.14. The predicted octanol–water partition coefficient (Wildman–Crippen LogP) is 1.90. The summed E-state index contributed by atoms with van der Waals surface area (Å²) in [5.74, 6) is 0. The Labute approximate surface area is 76.2 Å². The van der Waals surface area contributed by atoms with Gasteiger partial charge in [0, 0.05) is 0 Å². The average Bonchev–Trinajstić information content (AvgIpc) is 1.87. The first kappa shape index (κ1) is 14.1. The first-order chi connectivity index (χ1) is 5.47. The lowest BCUT2D eigenvalue weighted by Gasteiger charge is -2.01. The van der Waals surface area contributed by atoms with Crippen molar-refractivity contribution in [3.63, 3.8) is 0 Å². The number of hydrogen-bond donors (Lipinski definition) is 1. The number of carbonyl (C=O) groups excluding carboxylic acids is 1. The molecule has 0 bridgehead atoms. The molecule has 0 fully saturated rings. The number of unbranched alkanes of at least 4 members (excludes halogenated alkanes) is 1. The molecule has 0 amide bonds. The monoisotopic (exact) mass is 188 g/mol. The van der Waals surface area contributed by atoms with Crippen LogP contribution in [0.3, 0.4) is 0 Å². The van der Waals surface area contributed by atoms with Crippen molar-refractivity contribution < 1.29 is 4.79 Å². The van der Waals surface area contributed by atoms with E-state index in [1.165, 1.54) is 12.8 Å². The van der Waals surface area contributed by atoms with Crippen LogP contribution in [-0.4, -0.2) is 20.9 Å². The Kier molecular flexibility index (Phi) is 10.2. The first-order valence-corrected chi connectivity index (χ1v) is 7.71. The van der Waals surface area contributed by atoms with E-state index in [0.29, 0.717) is 0 Å². The van der Waals surface area contributed by atoms with E-state index < -0.39 is 8.24 Å². The van der Waals surface area contributed by atoms with Gasteiger partial charge in [-0.05, 0) is 32.6 Å². The van der Waals surface area contributed by atoms with Crippen molar-refractivity contribution in [2.45, 2.75) is 39.4 Å². The lowest BCUT2D eigenvalue weighted by atomic mass is 10.3. The second-order valence-electron chi connectivity index (χ2n) is 3.52. The molecule has 0 aliphatic rings. The molecule has 0 unspecified atom stereocenters. The summed E-state index contributed by atoms with van der Waals surface area (Å²) < 4.78 is 3.59. The number of isocyanates is 1. The Morgan fingerprint density at radius 1 is 1.42 bits per heavy atom. The molecular formula is C8H20N2OSi. The van der Waals surface area contributed by atoms with Crippen LogP contribution >= 0.6 is 0 Å². The van der Waals surface area contributed by atoms with Crippen molar-refractivity contribution >= 4 is 14.3 Å². The summed E-state index contributed by atoms with van der Waals surface area (Å²) in [6, 6.07) is 0. The van der Waals surface area contributed by atoms with Crippen molar-refractivity contribution in [3.05, 3.63) is 0 Å². The SMILES string of the molecule is CCCCN.C[Si](C)(C)N=C=O. The Hall–Kier alpha value is -0.443. The van der Waals surface area contributed by atoms with Gasteiger partial charge >= 0.3 is 0 Å². The lowest BCUT2D eigenvalue weighted by Crippen LogP contribution is -2.14. The second kappa shape index (κ2) is 8.65. The Balaban J connectivity index is 0. The van der Waals surface area contributed by atoms with Gasteiger partial charge in [-0.3, -0.25) is 0 Å². The molecule has 2 N–H and O–H groups in total. The van der Waals surface area contributed by atoms with E-state index in [9.17, 15) is 4.79 Å². The standard InChI is InChI=1S/C4H9NOSi.C4H11N/c1-7(2,3)5-4-6;1-2-3-4-5/h1-3H3;2-5H2,1H3. The quantitative estimate of drug-likeness (QED) is 0.418.